The molecule has 27 heavy (non-hydrogen) atoms. The van der Waals surface area contributed by atoms with Crippen LogP contribution in [0.25, 0.3) is 6.08 Å². The maximum Gasteiger partial charge on any atom is 0.282 e. The van der Waals surface area contributed by atoms with E-state index in [0.29, 0.717) is 15.7 Å². The standard InChI is InChI=1S/C18H13BrClN3O4/c19-13-7-10(8-14(20)16(13)27-9-15(21)24)6-12-17(25)22-23(18(12)26)11-4-2-1-3-5-11/h1-8H,9H2,(H2,21,24)(H,22,25). The van der Waals surface area contributed by atoms with Crippen LogP contribution in [0.15, 0.2) is 52.5 Å². The minimum atomic E-state index is -0.640. The van der Waals surface area contributed by atoms with Gasteiger partial charge >= 0.3 is 0 Å². The van der Waals surface area contributed by atoms with E-state index in [1.54, 1.807) is 30.3 Å². The van der Waals surface area contributed by atoms with Crippen LogP contribution in [0.2, 0.25) is 5.02 Å². The minimum absolute atomic E-state index is 0.0346. The van der Waals surface area contributed by atoms with E-state index < -0.39 is 17.7 Å². The number of nitrogens with one attached hydrogen (secondary N) is 1. The summed E-state index contributed by atoms with van der Waals surface area (Å²) >= 11 is 9.46. The highest BCUT2D eigenvalue weighted by Crippen LogP contribution is 2.35. The number of benzene rings is 2. The maximum atomic E-state index is 12.6. The summed E-state index contributed by atoms with van der Waals surface area (Å²) in [7, 11) is 0. The number of rotatable bonds is 5. The molecule has 2 aromatic carbocycles. The summed E-state index contributed by atoms with van der Waals surface area (Å²) < 4.78 is 5.70. The van der Waals surface area contributed by atoms with Crippen LogP contribution < -0.4 is 20.9 Å². The quantitative estimate of drug-likeness (QED) is 0.539. The molecule has 3 rings (SSSR count). The van der Waals surface area contributed by atoms with Gasteiger partial charge in [-0.05, 0) is 51.8 Å². The lowest BCUT2D eigenvalue weighted by Gasteiger charge is -2.13. The molecule has 9 heteroatoms. The fourth-order valence-electron chi connectivity index (χ4n) is 2.43. The lowest BCUT2D eigenvalue weighted by atomic mass is 10.1. The molecule has 0 unspecified atom stereocenters. The van der Waals surface area contributed by atoms with Crippen LogP contribution in [0.4, 0.5) is 5.69 Å². The molecule has 3 N–H and O–H groups in total. The molecule has 138 valence electrons. The SMILES string of the molecule is NC(=O)COc1c(Cl)cc(C=C2C(=O)NN(c3ccccc3)C2=O)cc1Br. The van der Waals surface area contributed by atoms with Gasteiger partial charge in [-0.1, -0.05) is 29.8 Å². The first kappa shape index (κ1) is 18.9. The van der Waals surface area contributed by atoms with E-state index in [1.165, 1.54) is 17.2 Å². The minimum Gasteiger partial charge on any atom is -0.481 e. The molecule has 1 heterocycles. The van der Waals surface area contributed by atoms with E-state index in [-0.39, 0.29) is 23.0 Å². The van der Waals surface area contributed by atoms with Gasteiger partial charge in [0, 0.05) is 0 Å². The summed E-state index contributed by atoms with van der Waals surface area (Å²) in [4.78, 5) is 35.7. The Labute approximate surface area is 167 Å². The molecule has 0 aliphatic carbocycles. The Morgan fingerprint density at radius 3 is 2.59 bits per heavy atom. The van der Waals surface area contributed by atoms with E-state index in [2.05, 4.69) is 21.4 Å². The largest absolute Gasteiger partial charge is 0.481 e. The van der Waals surface area contributed by atoms with Crippen molar-refractivity contribution in [2.45, 2.75) is 0 Å². The highest BCUT2D eigenvalue weighted by atomic mass is 79.9. The van der Waals surface area contributed by atoms with Crippen molar-refractivity contribution < 1.29 is 19.1 Å². The topological polar surface area (TPSA) is 102 Å². The number of carbonyl (C=O) groups is 3. The van der Waals surface area contributed by atoms with Crippen molar-refractivity contribution in [2.24, 2.45) is 5.73 Å². The van der Waals surface area contributed by atoms with E-state index >= 15 is 0 Å². The van der Waals surface area contributed by atoms with Crippen molar-refractivity contribution >= 4 is 57.0 Å². The summed E-state index contributed by atoms with van der Waals surface area (Å²) in [5, 5.41) is 1.37. The van der Waals surface area contributed by atoms with Crippen LogP contribution in [-0.2, 0) is 14.4 Å². The van der Waals surface area contributed by atoms with Crippen LogP contribution >= 0.6 is 27.5 Å². The van der Waals surface area contributed by atoms with Crippen molar-refractivity contribution in [3.63, 3.8) is 0 Å². The smallest absolute Gasteiger partial charge is 0.282 e. The molecule has 0 spiro atoms. The second kappa shape index (κ2) is 7.81. The Kier molecular flexibility index (Phi) is 5.48. The lowest BCUT2D eigenvalue weighted by molar-refractivity contribution is -0.120. The average Bonchev–Trinajstić information content (AvgIpc) is 2.90. The van der Waals surface area contributed by atoms with Gasteiger partial charge in [-0.15, -0.1) is 0 Å². The Morgan fingerprint density at radius 2 is 1.96 bits per heavy atom. The van der Waals surface area contributed by atoms with Gasteiger partial charge in [0.25, 0.3) is 17.7 Å². The van der Waals surface area contributed by atoms with E-state index in [0.717, 1.165) is 0 Å². The number of nitrogens with two attached hydrogens (primary N) is 1. The molecule has 3 amide bonds. The number of anilines is 1. The molecule has 0 saturated carbocycles. The Balaban J connectivity index is 1.89. The molecule has 0 radical (unpaired) electrons. The molecular formula is C18H13BrClN3O4. The summed E-state index contributed by atoms with van der Waals surface area (Å²) in [6.45, 7) is -0.328. The molecule has 0 bridgehead atoms. The third-order valence-corrected chi connectivity index (χ3v) is 4.47. The van der Waals surface area contributed by atoms with Crippen molar-refractivity contribution in [3.05, 3.63) is 63.1 Å². The number of hydrazine groups is 1. The molecule has 0 aromatic heterocycles. The highest BCUT2D eigenvalue weighted by molar-refractivity contribution is 9.10. The van der Waals surface area contributed by atoms with Crippen molar-refractivity contribution in [3.8, 4) is 5.75 Å². The van der Waals surface area contributed by atoms with Gasteiger partial charge in [0.1, 0.15) is 5.57 Å². The predicted octanol–water partition coefficient (Wildman–Crippen LogP) is 2.43. The number of nitrogens with zero attached hydrogens (tertiary/aromatic N) is 1. The fraction of sp³-hybridized carbons (Fsp3) is 0.0556. The first-order valence-corrected chi connectivity index (χ1v) is 8.86. The molecule has 1 fully saturated rings. The molecule has 2 aromatic rings. The summed E-state index contributed by atoms with van der Waals surface area (Å²) in [6, 6.07) is 11.9. The number of hydrogen-bond donors (Lipinski definition) is 2. The normalized spacial score (nSPS) is 15.2. The van der Waals surface area contributed by atoms with E-state index in [1.807, 2.05) is 6.07 Å². The number of primary amides is 1. The van der Waals surface area contributed by atoms with Gasteiger partial charge in [0.15, 0.2) is 12.4 Å². The van der Waals surface area contributed by atoms with Gasteiger partial charge in [0.05, 0.1) is 15.2 Å². The second-order valence-electron chi connectivity index (χ2n) is 5.54. The zero-order valence-corrected chi connectivity index (χ0v) is 16.1. The van der Waals surface area contributed by atoms with Gasteiger partial charge in [-0.25, -0.2) is 5.01 Å². The number of ether oxygens (including phenoxy) is 1. The van der Waals surface area contributed by atoms with Crippen molar-refractivity contribution in [2.75, 3.05) is 11.6 Å². The second-order valence-corrected chi connectivity index (χ2v) is 6.81. The number of halogens is 2. The fourth-order valence-corrected chi connectivity index (χ4v) is 3.42. The van der Waals surface area contributed by atoms with Crippen LogP contribution in [0.5, 0.6) is 5.75 Å². The first-order chi connectivity index (χ1) is 12.9. The van der Waals surface area contributed by atoms with E-state index in [4.69, 9.17) is 22.1 Å². The number of carbonyl (C=O) groups excluding carboxylic acids is 3. The Bertz CT molecular complexity index is 939. The third kappa shape index (κ3) is 4.12. The van der Waals surface area contributed by atoms with E-state index in [9.17, 15) is 14.4 Å². The maximum absolute atomic E-state index is 12.6. The zero-order chi connectivity index (χ0) is 19.6. The average molecular weight is 451 g/mol. The van der Waals surface area contributed by atoms with Crippen LogP contribution in [0, 0.1) is 0 Å². The molecule has 1 aliphatic heterocycles. The van der Waals surface area contributed by atoms with Crippen LogP contribution in [-0.4, -0.2) is 24.3 Å². The molecule has 1 aliphatic rings. The Hall–Kier alpha value is -2.84. The van der Waals surface area contributed by atoms with Crippen LogP contribution in [0.1, 0.15) is 5.56 Å². The summed E-state index contributed by atoms with van der Waals surface area (Å²) in [5.41, 5.74) is 8.59. The number of para-hydroxylation sites is 1. The number of hydrogen-bond acceptors (Lipinski definition) is 4. The van der Waals surface area contributed by atoms with Gasteiger partial charge in [-0.2, -0.15) is 0 Å². The van der Waals surface area contributed by atoms with Crippen molar-refractivity contribution in [1.29, 1.82) is 0 Å². The molecule has 0 atom stereocenters. The Morgan fingerprint density at radius 1 is 1.26 bits per heavy atom. The molecule has 1 saturated heterocycles. The third-order valence-electron chi connectivity index (χ3n) is 3.60. The monoisotopic (exact) mass is 449 g/mol. The number of amides is 3. The van der Waals surface area contributed by atoms with Gasteiger partial charge in [0.2, 0.25) is 0 Å². The van der Waals surface area contributed by atoms with Crippen molar-refractivity contribution in [1.82, 2.24) is 5.43 Å². The summed E-state index contributed by atoms with van der Waals surface area (Å²) in [6.07, 6.45) is 1.43. The van der Waals surface area contributed by atoms with Crippen LogP contribution in [0.3, 0.4) is 0 Å². The first-order valence-electron chi connectivity index (χ1n) is 7.69. The zero-order valence-electron chi connectivity index (χ0n) is 13.7. The summed E-state index contributed by atoms with van der Waals surface area (Å²) in [5.74, 6) is -1.40. The van der Waals surface area contributed by atoms with Gasteiger partial charge < -0.3 is 10.5 Å². The lowest BCUT2D eigenvalue weighted by Crippen LogP contribution is -2.35. The molecular weight excluding hydrogens is 438 g/mol. The predicted molar refractivity (Wildman–Crippen MR) is 104 cm³/mol. The van der Waals surface area contributed by atoms with Gasteiger partial charge in [-0.3, -0.25) is 19.8 Å². The molecule has 7 nitrogen and oxygen atoms in total. The highest BCUT2D eigenvalue weighted by Gasteiger charge is 2.34.